The van der Waals surface area contributed by atoms with Crippen molar-refractivity contribution in [2.45, 2.75) is 123 Å². The molecule has 1 unspecified atom stereocenters. The predicted octanol–water partition coefficient (Wildman–Crippen LogP) is 6.87. The van der Waals surface area contributed by atoms with Gasteiger partial charge in [-0.15, -0.1) is 0 Å². The lowest BCUT2D eigenvalue weighted by Gasteiger charge is -2.20. The third kappa shape index (κ3) is 14.7. The summed E-state index contributed by atoms with van der Waals surface area (Å²) >= 11 is 0. The molecule has 0 aliphatic rings. The van der Waals surface area contributed by atoms with Crippen molar-refractivity contribution in [1.29, 1.82) is 0 Å². The van der Waals surface area contributed by atoms with Gasteiger partial charge in [0.05, 0.1) is 6.10 Å². The van der Waals surface area contributed by atoms with Gasteiger partial charge in [0.15, 0.2) is 0 Å². The van der Waals surface area contributed by atoms with Crippen molar-refractivity contribution >= 4 is 0 Å². The molecule has 0 aliphatic heterocycles. The number of hydrogen-bond acceptors (Lipinski definition) is 1. The first-order chi connectivity index (χ1) is 10.2. The number of unbranched alkanes of at least 4 members (excludes halogenated alkanes) is 8. The van der Waals surface area contributed by atoms with Gasteiger partial charge in [0.25, 0.3) is 0 Å². The van der Waals surface area contributed by atoms with Crippen LogP contribution in [0, 0.1) is 5.92 Å². The highest BCUT2D eigenvalue weighted by molar-refractivity contribution is 4.66. The quantitative estimate of drug-likeness (QED) is 0.308. The predicted molar refractivity (Wildman–Crippen MR) is 95.8 cm³/mol. The van der Waals surface area contributed by atoms with Crippen LogP contribution in [0.25, 0.3) is 0 Å². The van der Waals surface area contributed by atoms with E-state index >= 15 is 0 Å². The highest BCUT2D eigenvalue weighted by Crippen LogP contribution is 2.23. The van der Waals surface area contributed by atoms with E-state index in [-0.39, 0.29) is 6.10 Å². The lowest BCUT2D eigenvalue weighted by atomic mass is 9.89. The van der Waals surface area contributed by atoms with E-state index in [0.29, 0.717) is 0 Å². The monoisotopic (exact) mass is 298 g/mol. The summed E-state index contributed by atoms with van der Waals surface area (Å²) in [6.45, 7) is 6.81. The van der Waals surface area contributed by atoms with Crippen molar-refractivity contribution in [1.82, 2.24) is 0 Å². The first-order valence-corrected chi connectivity index (χ1v) is 9.92. The maximum Gasteiger partial charge on any atom is 0.0542 e. The standard InChI is InChI=1S/C20H42O/c1-4-7-10-11-12-13-14-17-20(21)18-19(15-8-5-2)16-9-6-3/h19-21H,4-18H2,1-3H3. The van der Waals surface area contributed by atoms with E-state index in [4.69, 9.17) is 0 Å². The van der Waals surface area contributed by atoms with Gasteiger partial charge in [-0.1, -0.05) is 104 Å². The van der Waals surface area contributed by atoms with Crippen molar-refractivity contribution in [2.24, 2.45) is 5.92 Å². The van der Waals surface area contributed by atoms with E-state index in [2.05, 4.69) is 20.8 Å². The normalized spacial score (nSPS) is 13.0. The van der Waals surface area contributed by atoms with Crippen LogP contribution in [-0.4, -0.2) is 11.2 Å². The molecule has 0 fully saturated rings. The fourth-order valence-electron chi connectivity index (χ4n) is 3.21. The third-order valence-corrected chi connectivity index (χ3v) is 4.68. The Morgan fingerprint density at radius 2 is 1.05 bits per heavy atom. The Kier molecular flexibility index (Phi) is 16.3. The Morgan fingerprint density at radius 1 is 0.571 bits per heavy atom. The highest BCUT2D eigenvalue weighted by atomic mass is 16.3. The molecule has 0 rings (SSSR count). The molecule has 0 aromatic rings. The summed E-state index contributed by atoms with van der Waals surface area (Å²) in [5.74, 6) is 0.768. The zero-order valence-electron chi connectivity index (χ0n) is 15.2. The van der Waals surface area contributed by atoms with E-state index in [1.54, 1.807) is 0 Å². The molecule has 1 atom stereocenters. The average molecular weight is 299 g/mol. The Labute approximate surface area is 134 Å². The SMILES string of the molecule is CCCCCCCCCC(O)CC(CCCC)CCCC. The molecule has 21 heavy (non-hydrogen) atoms. The van der Waals surface area contributed by atoms with Gasteiger partial charge < -0.3 is 5.11 Å². The fraction of sp³-hybridized carbons (Fsp3) is 1.00. The number of aliphatic hydroxyl groups excluding tert-OH is 1. The molecule has 1 N–H and O–H groups in total. The molecule has 1 nitrogen and oxygen atoms in total. The third-order valence-electron chi connectivity index (χ3n) is 4.68. The molecule has 0 spiro atoms. The smallest absolute Gasteiger partial charge is 0.0542 e. The zero-order chi connectivity index (χ0) is 15.8. The van der Waals surface area contributed by atoms with E-state index in [0.717, 1.165) is 18.8 Å². The second-order valence-corrected chi connectivity index (χ2v) is 6.95. The van der Waals surface area contributed by atoms with E-state index in [1.165, 1.54) is 83.5 Å². The molecule has 128 valence electrons. The van der Waals surface area contributed by atoms with Gasteiger partial charge >= 0.3 is 0 Å². The first-order valence-electron chi connectivity index (χ1n) is 9.92. The topological polar surface area (TPSA) is 20.2 Å². The molecule has 0 radical (unpaired) electrons. The minimum atomic E-state index is -0.0423. The molecule has 0 aliphatic carbocycles. The maximum absolute atomic E-state index is 10.3. The Morgan fingerprint density at radius 3 is 1.57 bits per heavy atom. The van der Waals surface area contributed by atoms with E-state index < -0.39 is 0 Å². The van der Waals surface area contributed by atoms with Crippen LogP contribution in [-0.2, 0) is 0 Å². The lowest BCUT2D eigenvalue weighted by Crippen LogP contribution is -2.14. The number of hydrogen-bond donors (Lipinski definition) is 1. The Bertz CT molecular complexity index is 182. The molecule has 0 saturated carbocycles. The van der Waals surface area contributed by atoms with Gasteiger partial charge in [-0.25, -0.2) is 0 Å². The van der Waals surface area contributed by atoms with E-state index in [9.17, 15) is 5.11 Å². The molecule has 0 saturated heterocycles. The van der Waals surface area contributed by atoms with E-state index in [1.807, 2.05) is 0 Å². The van der Waals surface area contributed by atoms with Crippen molar-refractivity contribution in [3.8, 4) is 0 Å². The summed E-state index contributed by atoms with van der Waals surface area (Å²) in [6, 6.07) is 0. The van der Waals surface area contributed by atoms with Gasteiger partial charge in [0.1, 0.15) is 0 Å². The van der Waals surface area contributed by atoms with Gasteiger partial charge in [-0.3, -0.25) is 0 Å². The molecule has 0 bridgehead atoms. The van der Waals surface area contributed by atoms with Crippen molar-refractivity contribution in [3.05, 3.63) is 0 Å². The fourth-order valence-corrected chi connectivity index (χ4v) is 3.21. The molecule has 0 amide bonds. The molecular formula is C20H42O. The first kappa shape index (κ1) is 21.0. The summed E-state index contributed by atoms with van der Waals surface area (Å²) in [6.07, 6.45) is 19.3. The van der Waals surface area contributed by atoms with Crippen LogP contribution in [0.5, 0.6) is 0 Å². The van der Waals surface area contributed by atoms with Crippen molar-refractivity contribution in [3.63, 3.8) is 0 Å². The van der Waals surface area contributed by atoms with Crippen LogP contribution in [0.3, 0.4) is 0 Å². The van der Waals surface area contributed by atoms with Crippen LogP contribution in [0.15, 0.2) is 0 Å². The lowest BCUT2D eigenvalue weighted by molar-refractivity contribution is 0.123. The summed E-state index contributed by atoms with van der Waals surface area (Å²) in [4.78, 5) is 0. The largest absolute Gasteiger partial charge is 0.393 e. The maximum atomic E-state index is 10.3. The minimum Gasteiger partial charge on any atom is -0.393 e. The Hall–Kier alpha value is -0.0400. The van der Waals surface area contributed by atoms with Gasteiger partial charge in [0.2, 0.25) is 0 Å². The van der Waals surface area contributed by atoms with Crippen LogP contribution >= 0.6 is 0 Å². The van der Waals surface area contributed by atoms with Crippen molar-refractivity contribution in [2.75, 3.05) is 0 Å². The van der Waals surface area contributed by atoms with Gasteiger partial charge in [0, 0.05) is 0 Å². The Balaban J connectivity index is 3.63. The van der Waals surface area contributed by atoms with Crippen LogP contribution in [0.2, 0.25) is 0 Å². The highest BCUT2D eigenvalue weighted by Gasteiger charge is 2.13. The van der Waals surface area contributed by atoms with Crippen LogP contribution in [0.4, 0.5) is 0 Å². The second-order valence-electron chi connectivity index (χ2n) is 6.95. The van der Waals surface area contributed by atoms with Gasteiger partial charge in [-0.2, -0.15) is 0 Å². The summed E-state index contributed by atoms with van der Waals surface area (Å²) in [5, 5.41) is 10.3. The molecule has 0 aromatic carbocycles. The second kappa shape index (κ2) is 16.3. The van der Waals surface area contributed by atoms with Gasteiger partial charge in [-0.05, 0) is 18.8 Å². The van der Waals surface area contributed by atoms with Crippen LogP contribution < -0.4 is 0 Å². The summed E-state index contributed by atoms with van der Waals surface area (Å²) < 4.78 is 0. The average Bonchev–Trinajstić information content (AvgIpc) is 2.49. The molecule has 0 aromatic heterocycles. The summed E-state index contributed by atoms with van der Waals surface area (Å²) in [7, 11) is 0. The number of rotatable bonds is 16. The van der Waals surface area contributed by atoms with Crippen molar-refractivity contribution < 1.29 is 5.11 Å². The molecule has 1 heteroatoms. The number of aliphatic hydroxyl groups is 1. The molecular weight excluding hydrogens is 256 g/mol. The molecule has 0 heterocycles. The summed E-state index contributed by atoms with van der Waals surface area (Å²) in [5.41, 5.74) is 0. The van der Waals surface area contributed by atoms with Crippen LogP contribution in [0.1, 0.15) is 117 Å². The minimum absolute atomic E-state index is 0.0423. The zero-order valence-corrected chi connectivity index (χ0v) is 15.2.